The molecule has 26 heavy (non-hydrogen) atoms. The van der Waals surface area contributed by atoms with Crippen LogP contribution >= 0.6 is 0 Å². The molecule has 0 saturated carbocycles. The summed E-state index contributed by atoms with van der Waals surface area (Å²) < 4.78 is 12.9. The lowest BCUT2D eigenvalue weighted by molar-refractivity contribution is 0.0934. The van der Waals surface area contributed by atoms with Crippen molar-refractivity contribution >= 4 is 5.91 Å². The zero-order valence-electron chi connectivity index (χ0n) is 15.8. The van der Waals surface area contributed by atoms with E-state index in [4.69, 9.17) is 9.15 Å². The van der Waals surface area contributed by atoms with Crippen molar-refractivity contribution < 1.29 is 13.9 Å². The quantitative estimate of drug-likeness (QED) is 0.736. The van der Waals surface area contributed by atoms with Crippen molar-refractivity contribution in [2.24, 2.45) is 0 Å². The lowest BCUT2D eigenvalue weighted by Crippen LogP contribution is -2.26. The molecule has 0 spiro atoms. The van der Waals surface area contributed by atoms with Crippen molar-refractivity contribution in [3.63, 3.8) is 0 Å². The molecule has 2 heterocycles. The highest BCUT2D eigenvalue weighted by Gasteiger charge is 2.19. The van der Waals surface area contributed by atoms with E-state index in [1.54, 1.807) is 7.11 Å². The number of methoxy groups -OCH3 is 1. The van der Waals surface area contributed by atoms with Crippen LogP contribution in [0.25, 0.3) is 5.69 Å². The second-order valence-electron chi connectivity index (χ2n) is 6.46. The van der Waals surface area contributed by atoms with Gasteiger partial charge in [0.2, 0.25) is 0 Å². The molecule has 2 aromatic heterocycles. The number of hydrogen-bond acceptors (Lipinski definition) is 3. The van der Waals surface area contributed by atoms with Gasteiger partial charge in [0.05, 0.1) is 18.7 Å². The number of furan rings is 1. The largest absolute Gasteiger partial charge is 0.497 e. The van der Waals surface area contributed by atoms with Gasteiger partial charge in [-0.05, 0) is 70.2 Å². The van der Waals surface area contributed by atoms with Crippen LogP contribution in [0, 0.1) is 20.8 Å². The molecule has 1 amide bonds. The first kappa shape index (κ1) is 17.9. The van der Waals surface area contributed by atoms with E-state index in [9.17, 15) is 4.79 Å². The minimum absolute atomic E-state index is 0.112. The molecular formula is C21H24N2O3. The first-order valence-corrected chi connectivity index (χ1v) is 8.61. The topological polar surface area (TPSA) is 56.4 Å². The molecule has 1 atom stereocenters. The SMILES string of the molecule is COc1ccc(-n2c(C)cc(C(=O)NC(C)c3ccc(C)o3)c2C)cc1. The number of amides is 1. The maximum absolute atomic E-state index is 12.8. The zero-order chi connectivity index (χ0) is 18.8. The van der Waals surface area contributed by atoms with E-state index in [2.05, 4.69) is 9.88 Å². The molecule has 0 bridgehead atoms. The van der Waals surface area contributed by atoms with Crippen LogP contribution < -0.4 is 10.1 Å². The lowest BCUT2D eigenvalue weighted by Gasteiger charge is -2.13. The summed E-state index contributed by atoms with van der Waals surface area (Å²) in [6, 6.07) is 13.3. The van der Waals surface area contributed by atoms with Gasteiger partial charge in [0.25, 0.3) is 5.91 Å². The summed E-state index contributed by atoms with van der Waals surface area (Å²) in [5.74, 6) is 2.27. The maximum atomic E-state index is 12.8. The van der Waals surface area contributed by atoms with E-state index in [-0.39, 0.29) is 11.9 Å². The van der Waals surface area contributed by atoms with E-state index in [1.807, 2.05) is 70.2 Å². The van der Waals surface area contributed by atoms with Crippen LogP contribution in [0.5, 0.6) is 5.75 Å². The van der Waals surface area contributed by atoms with Crippen molar-refractivity contribution in [2.45, 2.75) is 33.7 Å². The van der Waals surface area contributed by atoms with Gasteiger partial charge in [-0.25, -0.2) is 0 Å². The first-order valence-electron chi connectivity index (χ1n) is 8.61. The Kier molecular flexibility index (Phi) is 4.89. The minimum Gasteiger partial charge on any atom is -0.497 e. The van der Waals surface area contributed by atoms with Gasteiger partial charge in [-0.1, -0.05) is 0 Å². The van der Waals surface area contributed by atoms with E-state index >= 15 is 0 Å². The number of hydrogen-bond donors (Lipinski definition) is 1. The van der Waals surface area contributed by atoms with Gasteiger partial charge < -0.3 is 19.0 Å². The Labute approximate surface area is 153 Å². The second-order valence-corrected chi connectivity index (χ2v) is 6.46. The third-order valence-corrected chi connectivity index (χ3v) is 4.54. The molecular weight excluding hydrogens is 328 g/mol. The maximum Gasteiger partial charge on any atom is 0.253 e. The molecule has 3 aromatic rings. The molecule has 0 aliphatic carbocycles. The summed E-state index contributed by atoms with van der Waals surface area (Å²) in [4.78, 5) is 12.8. The predicted molar refractivity (Wildman–Crippen MR) is 101 cm³/mol. The Morgan fingerprint density at radius 1 is 1.12 bits per heavy atom. The van der Waals surface area contributed by atoms with Crippen LogP contribution in [0.3, 0.4) is 0 Å². The van der Waals surface area contributed by atoms with E-state index in [0.29, 0.717) is 5.56 Å². The molecule has 136 valence electrons. The fourth-order valence-electron chi connectivity index (χ4n) is 3.15. The van der Waals surface area contributed by atoms with E-state index < -0.39 is 0 Å². The Morgan fingerprint density at radius 3 is 2.38 bits per heavy atom. The Balaban J connectivity index is 1.85. The highest BCUT2D eigenvalue weighted by atomic mass is 16.5. The summed E-state index contributed by atoms with van der Waals surface area (Å²) in [5.41, 5.74) is 3.55. The average molecular weight is 352 g/mol. The highest BCUT2D eigenvalue weighted by molar-refractivity contribution is 5.96. The summed E-state index contributed by atoms with van der Waals surface area (Å²) in [7, 11) is 1.64. The van der Waals surface area contributed by atoms with Crippen LogP contribution in [0.15, 0.2) is 46.9 Å². The van der Waals surface area contributed by atoms with Gasteiger partial charge in [-0.15, -0.1) is 0 Å². The number of aromatic nitrogens is 1. The Bertz CT molecular complexity index is 919. The van der Waals surface area contributed by atoms with Crippen LogP contribution in [0.1, 0.15) is 46.2 Å². The molecule has 0 fully saturated rings. The predicted octanol–water partition coefficient (Wildman–Crippen LogP) is 4.50. The van der Waals surface area contributed by atoms with Gasteiger partial charge in [0.1, 0.15) is 17.3 Å². The lowest BCUT2D eigenvalue weighted by atomic mass is 10.2. The second kappa shape index (κ2) is 7.12. The van der Waals surface area contributed by atoms with Gasteiger partial charge in [0.15, 0.2) is 0 Å². The first-order chi connectivity index (χ1) is 12.4. The molecule has 1 unspecified atom stereocenters. The molecule has 0 radical (unpaired) electrons. The fraction of sp³-hybridized carbons (Fsp3) is 0.286. The number of ether oxygens (including phenoxy) is 1. The summed E-state index contributed by atoms with van der Waals surface area (Å²) >= 11 is 0. The average Bonchev–Trinajstić information content (AvgIpc) is 3.18. The number of carbonyl (C=O) groups excluding carboxylic acids is 1. The molecule has 1 aromatic carbocycles. The number of carbonyl (C=O) groups is 1. The molecule has 3 rings (SSSR count). The normalized spacial score (nSPS) is 12.0. The number of benzene rings is 1. The van der Waals surface area contributed by atoms with Crippen molar-refractivity contribution in [2.75, 3.05) is 7.11 Å². The fourth-order valence-corrected chi connectivity index (χ4v) is 3.15. The smallest absolute Gasteiger partial charge is 0.253 e. The van der Waals surface area contributed by atoms with Crippen molar-refractivity contribution in [1.29, 1.82) is 0 Å². The van der Waals surface area contributed by atoms with Crippen molar-refractivity contribution in [3.05, 3.63) is 70.9 Å². The van der Waals surface area contributed by atoms with E-state index in [1.165, 1.54) is 0 Å². The number of rotatable bonds is 5. The molecule has 5 heteroatoms. The standard InChI is InChI=1S/C21H24N2O3/c1-13-12-19(21(24)22-15(3)20-11-6-14(2)26-20)16(4)23(13)17-7-9-18(25-5)10-8-17/h6-12,15H,1-5H3,(H,22,24). The molecule has 5 nitrogen and oxygen atoms in total. The van der Waals surface area contributed by atoms with Gasteiger partial charge in [-0.2, -0.15) is 0 Å². The number of nitrogens with one attached hydrogen (secondary N) is 1. The highest BCUT2D eigenvalue weighted by Crippen LogP contribution is 2.24. The van der Waals surface area contributed by atoms with Crippen molar-refractivity contribution in [3.8, 4) is 11.4 Å². The Hall–Kier alpha value is -2.95. The minimum atomic E-state index is -0.194. The van der Waals surface area contributed by atoms with Gasteiger partial charge in [0, 0.05) is 17.1 Å². The molecule has 1 N–H and O–H groups in total. The number of aryl methyl sites for hydroxylation is 2. The molecule has 0 aliphatic rings. The van der Waals surface area contributed by atoms with Crippen LogP contribution in [0.4, 0.5) is 0 Å². The van der Waals surface area contributed by atoms with Crippen LogP contribution in [-0.4, -0.2) is 17.6 Å². The Morgan fingerprint density at radius 2 is 1.81 bits per heavy atom. The summed E-state index contributed by atoms with van der Waals surface area (Å²) in [6.45, 7) is 7.75. The van der Waals surface area contributed by atoms with Crippen molar-refractivity contribution in [1.82, 2.24) is 9.88 Å². The van der Waals surface area contributed by atoms with Gasteiger partial charge >= 0.3 is 0 Å². The molecule has 0 saturated heterocycles. The zero-order valence-corrected chi connectivity index (χ0v) is 15.8. The van der Waals surface area contributed by atoms with E-state index in [0.717, 1.165) is 34.3 Å². The third-order valence-electron chi connectivity index (χ3n) is 4.54. The van der Waals surface area contributed by atoms with Crippen LogP contribution in [0.2, 0.25) is 0 Å². The number of nitrogens with zero attached hydrogens (tertiary/aromatic N) is 1. The van der Waals surface area contributed by atoms with Crippen LogP contribution in [-0.2, 0) is 0 Å². The summed E-state index contributed by atoms with van der Waals surface area (Å²) in [5, 5.41) is 3.01. The monoisotopic (exact) mass is 352 g/mol. The third kappa shape index (κ3) is 3.38. The van der Waals surface area contributed by atoms with Gasteiger partial charge in [-0.3, -0.25) is 4.79 Å². The molecule has 0 aliphatic heterocycles. The summed E-state index contributed by atoms with van der Waals surface area (Å²) in [6.07, 6.45) is 0.